The van der Waals surface area contributed by atoms with Crippen molar-refractivity contribution in [2.24, 2.45) is 0 Å². The van der Waals surface area contributed by atoms with Crippen LogP contribution in [0.1, 0.15) is 24.8 Å². The predicted octanol–water partition coefficient (Wildman–Crippen LogP) is 0.729. The molecule has 0 saturated carbocycles. The molecule has 1 aliphatic rings. The zero-order chi connectivity index (χ0) is 13.9. The summed E-state index contributed by atoms with van der Waals surface area (Å²) in [7, 11) is 0. The SMILES string of the molecule is O=C(NCC(O)c1nc2ccccc2o1)C1CCCN1. The number of nitrogens with zero attached hydrogens (tertiary/aromatic N) is 1. The van der Waals surface area contributed by atoms with Crippen molar-refractivity contribution < 1.29 is 14.3 Å². The lowest BCUT2D eigenvalue weighted by atomic mass is 10.2. The standard InChI is InChI=1S/C14H17N3O3/c18-11(8-16-13(19)10-5-3-7-15-10)14-17-9-4-1-2-6-12(9)20-14/h1-2,4,6,10-11,15,18H,3,5,7-8H2,(H,16,19). The van der Waals surface area contributed by atoms with Crippen LogP contribution in [0.2, 0.25) is 0 Å². The number of para-hydroxylation sites is 2. The smallest absolute Gasteiger partial charge is 0.237 e. The third kappa shape index (κ3) is 2.66. The van der Waals surface area contributed by atoms with E-state index in [4.69, 9.17) is 4.42 Å². The monoisotopic (exact) mass is 275 g/mol. The Kier molecular flexibility index (Phi) is 3.66. The average Bonchev–Trinajstić information content (AvgIpc) is 3.12. The van der Waals surface area contributed by atoms with Gasteiger partial charge in [-0.3, -0.25) is 4.79 Å². The normalized spacial score (nSPS) is 20.1. The molecule has 1 aromatic carbocycles. The minimum absolute atomic E-state index is 0.0855. The van der Waals surface area contributed by atoms with Crippen LogP contribution in [0.4, 0.5) is 0 Å². The van der Waals surface area contributed by atoms with Crippen molar-refractivity contribution >= 4 is 17.0 Å². The fraction of sp³-hybridized carbons (Fsp3) is 0.429. The predicted molar refractivity (Wildman–Crippen MR) is 73.0 cm³/mol. The Morgan fingerprint density at radius 2 is 2.40 bits per heavy atom. The highest BCUT2D eigenvalue weighted by Crippen LogP contribution is 2.19. The summed E-state index contributed by atoms with van der Waals surface area (Å²) < 4.78 is 5.46. The summed E-state index contributed by atoms with van der Waals surface area (Å²) in [5.74, 6) is 0.142. The highest BCUT2D eigenvalue weighted by Gasteiger charge is 2.23. The number of hydrogen-bond donors (Lipinski definition) is 3. The van der Waals surface area contributed by atoms with Crippen LogP contribution in [0.5, 0.6) is 0 Å². The number of benzene rings is 1. The molecule has 1 amide bonds. The summed E-state index contributed by atoms with van der Waals surface area (Å²) in [5, 5.41) is 15.8. The molecule has 3 N–H and O–H groups in total. The Morgan fingerprint density at radius 1 is 1.55 bits per heavy atom. The van der Waals surface area contributed by atoms with Crippen molar-refractivity contribution in [3.05, 3.63) is 30.2 Å². The minimum atomic E-state index is -0.937. The maximum absolute atomic E-state index is 11.8. The molecular weight excluding hydrogens is 258 g/mol. The molecule has 6 nitrogen and oxygen atoms in total. The van der Waals surface area contributed by atoms with Crippen LogP contribution in [0.25, 0.3) is 11.1 Å². The fourth-order valence-electron chi connectivity index (χ4n) is 2.35. The second kappa shape index (κ2) is 5.60. The number of aromatic nitrogens is 1. The number of carbonyl (C=O) groups excluding carboxylic acids is 1. The van der Waals surface area contributed by atoms with Gasteiger partial charge in [0, 0.05) is 0 Å². The Morgan fingerprint density at radius 3 is 3.15 bits per heavy atom. The van der Waals surface area contributed by atoms with Crippen molar-refractivity contribution in [1.82, 2.24) is 15.6 Å². The summed E-state index contributed by atoms with van der Waals surface area (Å²) in [6.45, 7) is 0.968. The second-order valence-corrected chi connectivity index (χ2v) is 4.93. The van der Waals surface area contributed by atoms with E-state index in [1.54, 1.807) is 6.07 Å². The summed E-state index contributed by atoms with van der Waals surface area (Å²) in [6, 6.07) is 7.16. The van der Waals surface area contributed by atoms with E-state index in [1.807, 2.05) is 18.2 Å². The highest BCUT2D eigenvalue weighted by atomic mass is 16.4. The molecule has 2 heterocycles. The zero-order valence-electron chi connectivity index (χ0n) is 11.0. The fourth-order valence-corrected chi connectivity index (χ4v) is 2.35. The summed E-state index contributed by atoms with van der Waals surface area (Å²) in [6.07, 6.45) is 0.907. The van der Waals surface area contributed by atoms with E-state index in [1.165, 1.54) is 0 Å². The highest BCUT2D eigenvalue weighted by molar-refractivity contribution is 5.82. The molecule has 1 aromatic heterocycles. The van der Waals surface area contributed by atoms with Gasteiger partial charge in [0.1, 0.15) is 11.6 Å². The minimum Gasteiger partial charge on any atom is -0.438 e. The third-order valence-corrected chi connectivity index (χ3v) is 3.44. The summed E-state index contributed by atoms with van der Waals surface area (Å²) >= 11 is 0. The van der Waals surface area contributed by atoms with Crippen LogP contribution in [0.3, 0.4) is 0 Å². The molecule has 2 aromatic rings. The van der Waals surface area contributed by atoms with Crippen LogP contribution in [0, 0.1) is 0 Å². The molecule has 20 heavy (non-hydrogen) atoms. The van der Waals surface area contributed by atoms with Crippen LogP contribution < -0.4 is 10.6 Å². The molecule has 0 aliphatic carbocycles. The van der Waals surface area contributed by atoms with Gasteiger partial charge in [0.2, 0.25) is 11.8 Å². The molecule has 0 radical (unpaired) electrons. The second-order valence-electron chi connectivity index (χ2n) is 4.93. The molecular formula is C14H17N3O3. The number of carbonyl (C=O) groups is 1. The number of hydrogen-bond acceptors (Lipinski definition) is 5. The lowest BCUT2D eigenvalue weighted by molar-refractivity contribution is -0.123. The van der Waals surface area contributed by atoms with Crippen LogP contribution in [-0.4, -0.2) is 35.1 Å². The number of oxazole rings is 1. The van der Waals surface area contributed by atoms with Crippen LogP contribution in [0.15, 0.2) is 28.7 Å². The Labute approximate surface area is 116 Å². The summed E-state index contributed by atoms with van der Waals surface area (Å²) in [4.78, 5) is 16.0. The first-order valence-corrected chi connectivity index (χ1v) is 6.78. The lowest BCUT2D eigenvalue weighted by Crippen LogP contribution is -2.41. The van der Waals surface area contributed by atoms with Gasteiger partial charge < -0.3 is 20.2 Å². The van der Waals surface area contributed by atoms with Gasteiger partial charge in [-0.25, -0.2) is 4.98 Å². The lowest BCUT2D eigenvalue weighted by Gasteiger charge is -2.12. The number of aliphatic hydroxyl groups is 1. The van der Waals surface area contributed by atoms with Gasteiger partial charge in [0.15, 0.2) is 5.58 Å². The Hall–Kier alpha value is -1.92. The van der Waals surface area contributed by atoms with Gasteiger partial charge in [-0.05, 0) is 31.5 Å². The van der Waals surface area contributed by atoms with Gasteiger partial charge in [0.05, 0.1) is 12.6 Å². The van der Waals surface area contributed by atoms with E-state index < -0.39 is 6.10 Å². The quantitative estimate of drug-likeness (QED) is 0.765. The van der Waals surface area contributed by atoms with Gasteiger partial charge >= 0.3 is 0 Å². The van der Waals surface area contributed by atoms with Crippen LogP contribution >= 0.6 is 0 Å². The largest absolute Gasteiger partial charge is 0.438 e. The maximum Gasteiger partial charge on any atom is 0.237 e. The van der Waals surface area contributed by atoms with Gasteiger partial charge in [-0.2, -0.15) is 0 Å². The maximum atomic E-state index is 11.8. The van der Waals surface area contributed by atoms with Crippen molar-refractivity contribution in [3.8, 4) is 0 Å². The molecule has 0 bridgehead atoms. The number of aliphatic hydroxyl groups excluding tert-OH is 1. The Balaban J connectivity index is 1.60. The molecule has 2 atom stereocenters. The number of amides is 1. The van der Waals surface area contributed by atoms with E-state index in [9.17, 15) is 9.90 Å². The van der Waals surface area contributed by atoms with Crippen molar-refractivity contribution in [1.29, 1.82) is 0 Å². The third-order valence-electron chi connectivity index (χ3n) is 3.44. The van der Waals surface area contributed by atoms with E-state index >= 15 is 0 Å². The first-order valence-electron chi connectivity index (χ1n) is 6.78. The van der Waals surface area contributed by atoms with Crippen molar-refractivity contribution in [2.75, 3.05) is 13.1 Å². The molecule has 1 aliphatic heterocycles. The van der Waals surface area contributed by atoms with Gasteiger partial charge in [-0.1, -0.05) is 12.1 Å². The van der Waals surface area contributed by atoms with Crippen molar-refractivity contribution in [2.45, 2.75) is 25.0 Å². The Bertz CT molecular complexity index is 571. The first-order chi connectivity index (χ1) is 9.74. The van der Waals surface area contributed by atoms with E-state index in [2.05, 4.69) is 15.6 Å². The van der Waals surface area contributed by atoms with E-state index in [0.29, 0.717) is 11.1 Å². The van der Waals surface area contributed by atoms with Crippen LogP contribution in [-0.2, 0) is 4.79 Å². The van der Waals surface area contributed by atoms with Crippen molar-refractivity contribution in [3.63, 3.8) is 0 Å². The topological polar surface area (TPSA) is 87.4 Å². The molecule has 0 spiro atoms. The van der Waals surface area contributed by atoms with E-state index in [0.717, 1.165) is 19.4 Å². The van der Waals surface area contributed by atoms with E-state index in [-0.39, 0.29) is 24.4 Å². The van der Waals surface area contributed by atoms with Gasteiger partial charge in [-0.15, -0.1) is 0 Å². The molecule has 1 saturated heterocycles. The number of fused-ring (bicyclic) bond motifs is 1. The number of rotatable bonds is 4. The molecule has 1 fully saturated rings. The molecule has 6 heteroatoms. The summed E-state index contributed by atoms with van der Waals surface area (Å²) in [5.41, 5.74) is 1.33. The van der Waals surface area contributed by atoms with Gasteiger partial charge in [0.25, 0.3) is 0 Å². The average molecular weight is 275 g/mol. The molecule has 2 unspecified atom stereocenters. The zero-order valence-corrected chi connectivity index (χ0v) is 11.0. The number of nitrogens with one attached hydrogen (secondary N) is 2. The molecule has 3 rings (SSSR count). The molecule has 106 valence electrons. The first kappa shape index (κ1) is 13.1.